The van der Waals surface area contributed by atoms with Gasteiger partial charge in [0.25, 0.3) is 0 Å². The highest BCUT2D eigenvalue weighted by Gasteiger charge is 2.28. The lowest BCUT2D eigenvalue weighted by Crippen LogP contribution is -2.33. The number of pyridine rings is 1. The zero-order chi connectivity index (χ0) is 13.6. The van der Waals surface area contributed by atoms with Crippen LogP contribution in [0.1, 0.15) is 24.2 Å². The van der Waals surface area contributed by atoms with Crippen molar-refractivity contribution in [2.45, 2.75) is 32.0 Å². The average molecular weight is 271 g/mol. The molecule has 0 bridgehead atoms. The molecule has 0 aliphatic heterocycles. The van der Waals surface area contributed by atoms with Crippen LogP contribution in [0.2, 0.25) is 0 Å². The molecule has 0 unspecified atom stereocenters. The van der Waals surface area contributed by atoms with E-state index in [1.807, 2.05) is 24.5 Å². The van der Waals surface area contributed by atoms with Crippen LogP contribution in [-0.4, -0.2) is 29.0 Å². The van der Waals surface area contributed by atoms with E-state index in [0.29, 0.717) is 0 Å². The number of hydrogen-bond acceptors (Lipinski definition) is 4. The summed E-state index contributed by atoms with van der Waals surface area (Å²) >= 11 is 0. The summed E-state index contributed by atoms with van der Waals surface area (Å²) < 4.78 is 5.45. The molecular formula is C16H21N3O. The molecule has 1 aliphatic rings. The van der Waals surface area contributed by atoms with Gasteiger partial charge in [0, 0.05) is 38.1 Å². The first-order chi connectivity index (χ1) is 9.92. The Kier molecular flexibility index (Phi) is 4.46. The Morgan fingerprint density at radius 1 is 1.30 bits per heavy atom. The molecule has 2 aromatic rings. The fraction of sp³-hybridized carbons (Fsp3) is 0.438. The quantitative estimate of drug-likeness (QED) is 0.749. The van der Waals surface area contributed by atoms with Crippen LogP contribution in [0.5, 0.6) is 0 Å². The highest BCUT2D eigenvalue weighted by molar-refractivity contribution is 5.07. The van der Waals surface area contributed by atoms with Gasteiger partial charge in [-0.3, -0.25) is 9.88 Å². The molecule has 1 aliphatic carbocycles. The third kappa shape index (κ3) is 3.92. The summed E-state index contributed by atoms with van der Waals surface area (Å²) in [7, 11) is 0. The standard InChI is InChI=1S/C16H21N3O/c1-3-14(11-17-7-1)12-18-8-9-19(15-5-6-15)13-16-4-2-10-20-16/h1-4,7,10-11,15,18H,5-6,8-9,12-13H2. The molecule has 4 nitrogen and oxygen atoms in total. The SMILES string of the molecule is c1cncc(CNCCN(Cc2ccco2)C2CC2)c1. The van der Waals surface area contributed by atoms with Crippen molar-refractivity contribution in [1.82, 2.24) is 15.2 Å². The number of nitrogens with zero attached hydrogens (tertiary/aromatic N) is 2. The molecule has 4 heteroatoms. The van der Waals surface area contributed by atoms with Gasteiger partial charge >= 0.3 is 0 Å². The van der Waals surface area contributed by atoms with E-state index in [1.165, 1.54) is 18.4 Å². The summed E-state index contributed by atoms with van der Waals surface area (Å²) in [4.78, 5) is 6.63. The van der Waals surface area contributed by atoms with Gasteiger partial charge in [-0.15, -0.1) is 0 Å². The van der Waals surface area contributed by atoms with E-state index >= 15 is 0 Å². The summed E-state index contributed by atoms with van der Waals surface area (Å²) in [6, 6.07) is 8.84. The second-order valence-electron chi connectivity index (χ2n) is 5.32. The van der Waals surface area contributed by atoms with Crippen molar-refractivity contribution in [2.75, 3.05) is 13.1 Å². The minimum Gasteiger partial charge on any atom is -0.468 e. The van der Waals surface area contributed by atoms with Crippen LogP contribution in [0.4, 0.5) is 0 Å². The van der Waals surface area contributed by atoms with Crippen LogP contribution in [0.3, 0.4) is 0 Å². The van der Waals surface area contributed by atoms with Gasteiger partial charge in [-0.2, -0.15) is 0 Å². The summed E-state index contributed by atoms with van der Waals surface area (Å²) in [5, 5.41) is 3.48. The Morgan fingerprint density at radius 2 is 2.25 bits per heavy atom. The molecule has 0 amide bonds. The lowest BCUT2D eigenvalue weighted by Gasteiger charge is -2.20. The first kappa shape index (κ1) is 13.3. The van der Waals surface area contributed by atoms with Crippen molar-refractivity contribution in [3.05, 3.63) is 54.2 Å². The molecule has 1 N–H and O–H groups in total. The molecule has 2 aromatic heterocycles. The predicted octanol–water partition coefficient (Wildman–Crippen LogP) is 2.43. The highest BCUT2D eigenvalue weighted by Crippen LogP contribution is 2.27. The number of nitrogens with one attached hydrogen (secondary N) is 1. The topological polar surface area (TPSA) is 41.3 Å². The summed E-state index contributed by atoms with van der Waals surface area (Å²) in [5.74, 6) is 1.06. The van der Waals surface area contributed by atoms with Crippen molar-refractivity contribution in [3.8, 4) is 0 Å². The Morgan fingerprint density at radius 3 is 2.95 bits per heavy atom. The number of furan rings is 1. The van der Waals surface area contributed by atoms with E-state index in [0.717, 1.165) is 38.0 Å². The molecule has 2 heterocycles. The van der Waals surface area contributed by atoms with Gasteiger partial charge in [-0.05, 0) is 36.6 Å². The molecule has 0 saturated heterocycles. The fourth-order valence-corrected chi connectivity index (χ4v) is 2.39. The minimum absolute atomic E-state index is 0.750. The maximum Gasteiger partial charge on any atom is 0.117 e. The fourth-order valence-electron chi connectivity index (χ4n) is 2.39. The molecule has 1 saturated carbocycles. The third-order valence-corrected chi connectivity index (χ3v) is 3.63. The predicted molar refractivity (Wildman–Crippen MR) is 78.1 cm³/mol. The maximum absolute atomic E-state index is 5.45. The van der Waals surface area contributed by atoms with Gasteiger partial charge < -0.3 is 9.73 Å². The molecule has 106 valence electrons. The monoisotopic (exact) mass is 271 g/mol. The number of rotatable bonds is 8. The molecule has 1 fully saturated rings. The minimum atomic E-state index is 0.750. The van der Waals surface area contributed by atoms with Gasteiger partial charge in [0.05, 0.1) is 12.8 Å². The van der Waals surface area contributed by atoms with Crippen molar-refractivity contribution < 1.29 is 4.42 Å². The first-order valence-electron chi connectivity index (χ1n) is 7.28. The smallest absolute Gasteiger partial charge is 0.117 e. The third-order valence-electron chi connectivity index (χ3n) is 3.63. The summed E-state index contributed by atoms with van der Waals surface area (Å²) in [6.45, 7) is 3.86. The van der Waals surface area contributed by atoms with Crippen molar-refractivity contribution in [3.63, 3.8) is 0 Å². The highest BCUT2D eigenvalue weighted by atomic mass is 16.3. The van der Waals surface area contributed by atoms with Gasteiger partial charge in [-0.25, -0.2) is 0 Å². The van der Waals surface area contributed by atoms with Crippen LogP contribution in [0.15, 0.2) is 47.3 Å². The molecular weight excluding hydrogens is 250 g/mol. The zero-order valence-electron chi connectivity index (χ0n) is 11.7. The molecule has 0 atom stereocenters. The summed E-state index contributed by atoms with van der Waals surface area (Å²) in [5.41, 5.74) is 1.23. The lowest BCUT2D eigenvalue weighted by molar-refractivity contribution is 0.233. The Bertz CT molecular complexity index is 494. The number of aromatic nitrogens is 1. The van der Waals surface area contributed by atoms with E-state index in [-0.39, 0.29) is 0 Å². The van der Waals surface area contributed by atoms with Crippen molar-refractivity contribution in [1.29, 1.82) is 0 Å². The van der Waals surface area contributed by atoms with Crippen LogP contribution >= 0.6 is 0 Å². The van der Waals surface area contributed by atoms with Crippen molar-refractivity contribution >= 4 is 0 Å². The zero-order valence-corrected chi connectivity index (χ0v) is 11.7. The molecule has 3 rings (SSSR count). The van der Waals surface area contributed by atoms with Gasteiger partial charge in [0.1, 0.15) is 5.76 Å². The lowest BCUT2D eigenvalue weighted by atomic mass is 10.3. The van der Waals surface area contributed by atoms with E-state index in [1.54, 1.807) is 6.26 Å². The average Bonchev–Trinajstić information content (AvgIpc) is 3.21. The van der Waals surface area contributed by atoms with E-state index < -0.39 is 0 Å². The Balaban J connectivity index is 1.41. The number of hydrogen-bond donors (Lipinski definition) is 1. The normalized spacial score (nSPS) is 14.8. The van der Waals surface area contributed by atoms with Crippen LogP contribution in [0, 0.1) is 0 Å². The van der Waals surface area contributed by atoms with Crippen LogP contribution in [0.25, 0.3) is 0 Å². The maximum atomic E-state index is 5.45. The second-order valence-corrected chi connectivity index (χ2v) is 5.32. The van der Waals surface area contributed by atoms with E-state index in [2.05, 4.69) is 27.3 Å². The van der Waals surface area contributed by atoms with Gasteiger partial charge in [0.2, 0.25) is 0 Å². The first-order valence-corrected chi connectivity index (χ1v) is 7.28. The molecule has 0 radical (unpaired) electrons. The molecule has 0 aromatic carbocycles. The molecule has 20 heavy (non-hydrogen) atoms. The van der Waals surface area contributed by atoms with E-state index in [9.17, 15) is 0 Å². The van der Waals surface area contributed by atoms with Gasteiger partial charge in [-0.1, -0.05) is 6.07 Å². The van der Waals surface area contributed by atoms with E-state index in [4.69, 9.17) is 4.42 Å². The van der Waals surface area contributed by atoms with Crippen LogP contribution < -0.4 is 5.32 Å². The van der Waals surface area contributed by atoms with Crippen LogP contribution in [-0.2, 0) is 13.1 Å². The Labute approximate surface area is 119 Å². The second kappa shape index (κ2) is 6.68. The van der Waals surface area contributed by atoms with Crippen molar-refractivity contribution in [2.24, 2.45) is 0 Å². The van der Waals surface area contributed by atoms with Gasteiger partial charge in [0.15, 0.2) is 0 Å². The largest absolute Gasteiger partial charge is 0.468 e. The molecule has 0 spiro atoms. The Hall–Kier alpha value is -1.65. The summed E-state index contributed by atoms with van der Waals surface area (Å²) in [6.07, 6.45) is 8.11.